The van der Waals surface area contributed by atoms with Crippen molar-refractivity contribution >= 4 is 46.0 Å². The highest BCUT2D eigenvalue weighted by molar-refractivity contribution is 7.99. The van der Waals surface area contributed by atoms with Crippen LogP contribution in [0.4, 0.5) is 0 Å². The largest absolute Gasteiger partial charge is 0.475 e. The maximum atomic E-state index is 6.11. The highest BCUT2D eigenvalue weighted by Gasteiger charge is 2.17. The minimum atomic E-state index is 0.362. The van der Waals surface area contributed by atoms with Gasteiger partial charge < -0.3 is 9.30 Å². The summed E-state index contributed by atoms with van der Waals surface area (Å²) in [7, 11) is 1.90. The van der Waals surface area contributed by atoms with Gasteiger partial charge in [-0.1, -0.05) is 37.0 Å². The lowest BCUT2D eigenvalue weighted by Gasteiger charge is -2.12. The van der Waals surface area contributed by atoms with Crippen molar-refractivity contribution in [1.29, 1.82) is 0 Å². The summed E-state index contributed by atoms with van der Waals surface area (Å²) in [4.78, 5) is 9.23. The Hall–Kier alpha value is -1.57. The molecule has 3 aromatic rings. The molecular formula is C16H17Cl2N5OS. The van der Waals surface area contributed by atoms with Gasteiger partial charge in [0.25, 0.3) is 0 Å². The van der Waals surface area contributed by atoms with E-state index >= 15 is 0 Å². The van der Waals surface area contributed by atoms with Crippen LogP contribution in [-0.2, 0) is 7.05 Å². The van der Waals surface area contributed by atoms with Crippen molar-refractivity contribution in [2.24, 2.45) is 13.0 Å². The number of hydrogen-bond donors (Lipinski definition) is 0. The first kappa shape index (κ1) is 18.2. The fourth-order valence-corrected chi connectivity index (χ4v) is 3.16. The Kier molecular flexibility index (Phi) is 5.36. The minimum absolute atomic E-state index is 0.362. The fraction of sp³-hybridized carbons (Fsp3) is 0.375. The molecule has 0 fully saturated rings. The predicted octanol–water partition coefficient (Wildman–Crippen LogP) is 4.56. The van der Waals surface area contributed by atoms with Crippen LogP contribution < -0.4 is 4.74 Å². The zero-order chi connectivity index (χ0) is 18.1. The van der Waals surface area contributed by atoms with Crippen molar-refractivity contribution in [3.63, 3.8) is 0 Å². The van der Waals surface area contributed by atoms with Gasteiger partial charge in [0.1, 0.15) is 5.82 Å². The first-order valence-electron chi connectivity index (χ1n) is 7.68. The average molecular weight is 398 g/mol. The summed E-state index contributed by atoms with van der Waals surface area (Å²) in [6, 6.07) is 3.39. The van der Waals surface area contributed by atoms with E-state index in [1.54, 1.807) is 12.1 Å². The van der Waals surface area contributed by atoms with Crippen molar-refractivity contribution in [3.05, 3.63) is 28.0 Å². The Balaban J connectivity index is 2.07. The molecule has 0 atom stereocenters. The lowest BCUT2D eigenvalue weighted by atomic mass is 10.2. The molecule has 0 aliphatic rings. The standard InChI is InChI=1S/C16H17Cl2N5OS/c1-8(2)7-24-14-15(25-16-22-21-9(3)23(16)4)20-13-6-11(18)10(17)5-12(13)19-14/h5-6,8H,7H2,1-4H3. The number of aryl methyl sites for hydroxylation is 1. The van der Waals surface area contributed by atoms with Crippen LogP contribution in [0, 0.1) is 12.8 Å². The molecule has 0 aliphatic carbocycles. The Morgan fingerprint density at radius 3 is 2.32 bits per heavy atom. The first-order chi connectivity index (χ1) is 11.8. The van der Waals surface area contributed by atoms with Crippen molar-refractivity contribution in [2.45, 2.75) is 31.0 Å². The molecule has 2 heterocycles. The molecule has 0 spiro atoms. The van der Waals surface area contributed by atoms with Gasteiger partial charge in [0, 0.05) is 7.05 Å². The summed E-state index contributed by atoms with van der Waals surface area (Å²) >= 11 is 13.6. The highest BCUT2D eigenvalue weighted by atomic mass is 35.5. The van der Waals surface area contributed by atoms with Gasteiger partial charge in [-0.15, -0.1) is 10.2 Å². The normalized spacial score (nSPS) is 11.5. The summed E-state index contributed by atoms with van der Waals surface area (Å²) in [5.41, 5.74) is 1.28. The topological polar surface area (TPSA) is 65.7 Å². The molecule has 25 heavy (non-hydrogen) atoms. The molecular weight excluding hydrogens is 381 g/mol. The van der Waals surface area contributed by atoms with Crippen LogP contribution >= 0.6 is 35.0 Å². The molecule has 0 aliphatic heterocycles. The van der Waals surface area contributed by atoms with Crippen molar-refractivity contribution < 1.29 is 4.74 Å². The molecule has 0 bridgehead atoms. The molecule has 3 rings (SSSR count). The van der Waals surface area contributed by atoms with E-state index in [4.69, 9.17) is 27.9 Å². The molecule has 6 nitrogen and oxygen atoms in total. The molecule has 0 saturated carbocycles. The third kappa shape index (κ3) is 3.99. The van der Waals surface area contributed by atoms with Gasteiger partial charge in [-0.25, -0.2) is 9.97 Å². The van der Waals surface area contributed by atoms with Crippen molar-refractivity contribution in [1.82, 2.24) is 24.7 Å². The van der Waals surface area contributed by atoms with E-state index in [-0.39, 0.29) is 0 Å². The van der Waals surface area contributed by atoms with Crippen molar-refractivity contribution in [3.8, 4) is 5.88 Å². The molecule has 1 aromatic carbocycles. The molecule has 0 radical (unpaired) electrons. The minimum Gasteiger partial charge on any atom is -0.475 e. The van der Waals surface area contributed by atoms with Gasteiger partial charge in [-0.3, -0.25) is 0 Å². The average Bonchev–Trinajstić information content (AvgIpc) is 2.86. The lowest BCUT2D eigenvalue weighted by Crippen LogP contribution is -2.07. The van der Waals surface area contributed by atoms with E-state index in [9.17, 15) is 0 Å². The fourth-order valence-electron chi connectivity index (χ4n) is 1.99. The Bertz CT molecular complexity index is 929. The summed E-state index contributed by atoms with van der Waals surface area (Å²) < 4.78 is 7.75. The number of benzene rings is 1. The lowest BCUT2D eigenvalue weighted by molar-refractivity contribution is 0.254. The van der Waals surface area contributed by atoms with Crippen molar-refractivity contribution in [2.75, 3.05) is 6.61 Å². The second kappa shape index (κ2) is 7.35. The van der Waals surface area contributed by atoms with E-state index in [0.717, 1.165) is 5.82 Å². The third-order valence-electron chi connectivity index (χ3n) is 3.44. The monoisotopic (exact) mass is 397 g/mol. The van der Waals surface area contributed by atoms with E-state index in [1.807, 2.05) is 18.5 Å². The maximum Gasteiger partial charge on any atom is 0.247 e. The number of fused-ring (bicyclic) bond motifs is 1. The summed E-state index contributed by atoms with van der Waals surface area (Å²) in [6.07, 6.45) is 0. The Morgan fingerprint density at radius 2 is 1.76 bits per heavy atom. The van der Waals surface area contributed by atoms with Crippen LogP contribution in [0.15, 0.2) is 22.3 Å². The molecule has 2 aromatic heterocycles. The van der Waals surface area contributed by atoms with Gasteiger partial charge in [-0.2, -0.15) is 0 Å². The smallest absolute Gasteiger partial charge is 0.247 e. The molecule has 9 heteroatoms. The van der Waals surface area contributed by atoms with E-state index < -0.39 is 0 Å². The summed E-state index contributed by atoms with van der Waals surface area (Å²) in [6.45, 7) is 6.57. The number of halogens is 2. The van der Waals surface area contributed by atoms with Gasteiger partial charge in [-0.05, 0) is 36.7 Å². The van der Waals surface area contributed by atoms with Crippen LogP contribution in [0.1, 0.15) is 19.7 Å². The van der Waals surface area contributed by atoms with Gasteiger partial charge in [0.2, 0.25) is 5.88 Å². The number of hydrogen-bond acceptors (Lipinski definition) is 6. The quantitative estimate of drug-likeness (QED) is 0.628. The SMILES string of the molecule is Cc1nnc(Sc2nc3cc(Cl)c(Cl)cc3nc2OCC(C)C)n1C. The van der Waals surface area contributed by atoms with Crippen LogP contribution in [0.3, 0.4) is 0 Å². The number of nitrogens with zero attached hydrogens (tertiary/aromatic N) is 5. The first-order valence-corrected chi connectivity index (χ1v) is 9.26. The highest BCUT2D eigenvalue weighted by Crippen LogP contribution is 2.35. The van der Waals surface area contributed by atoms with Gasteiger partial charge in [0.15, 0.2) is 10.2 Å². The maximum absolute atomic E-state index is 6.11. The number of ether oxygens (including phenoxy) is 1. The molecule has 0 amide bonds. The zero-order valence-corrected chi connectivity index (χ0v) is 16.6. The summed E-state index contributed by atoms with van der Waals surface area (Å²) in [5, 5.41) is 10.4. The van der Waals surface area contributed by atoms with Gasteiger partial charge in [0.05, 0.1) is 27.7 Å². The van der Waals surface area contributed by atoms with E-state index in [2.05, 4.69) is 34.0 Å². The predicted molar refractivity (Wildman–Crippen MR) is 99.8 cm³/mol. The van der Waals surface area contributed by atoms with E-state index in [1.165, 1.54) is 11.8 Å². The Morgan fingerprint density at radius 1 is 1.12 bits per heavy atom. The van der Waals surface area contributed by atoms with Crippen LogP contribution in [-0.4, -0.2) is 31.3 Å². The van der Waals surface area contributed by atoms with Crippen LogP contribution in [0.5, 0.6) is 5.88 Å². The second-order valence-electron chi connectivity index (χ2n) is 5.98. The molecule has 132 valence electrons. The van der Waals surface area contributed by atoms with Crippen LogP contribution in [0.2, 0.25) is 10.0 Å². The molecule has 0 unspecified atom stereocenters. The Labute approximate surface area is 159 Å². The second-order valence-corrected chi connectivity index (χ2v) is 7.76. The van der Waals surface area contributed by atoms with E-state index in [0.29, 0.717) is 49.7 Å². The zero-order valence-electron chi connectivity index (χ0n) is 14.2. The number of aromatic nitrogens is 5. The summed E-state index contributed by atoms with van der Waals surface area (Å²) in [5.74, 6) is 1.63. The molecule has 0 N–H and O–H groups in total. The van der Waals surface area contributed by atoms with Gasteiger partial charge >= 0.3 is 0 Å². The van der Waals surface area contributed by atoms with Crippen LogP contribution in [0.25, 0.3) is 11.0 Å². The third-order valence-corrected chi connectivity index (χ3v) is 5.16. The molecule has 0 saturated heterocycles. The number of rotatable bonds is 5.